The van der Waals surface area contributed by atoms with Crippen molar-refractivity contribution in [1.82, 2.24) is 15.3 Å². The van der Waals surface area contributed by atoms with E-state index < -0.39 is 17.2 Å². The van der Waals surface area contributed by atoms with Gasteiger partial charge in [-0.05, 0) is 12.8 Å². The number of aromatic nitrogens is 2. The van der Waals surface area contributed by atoms with Crippen molar-refractivity contribution in [3.05, 3.63) is 32.6 Å². The van der Waals surface area contributed by atoms with Crippen molar-refractivity contribution < 1.29 is 4.79 Å². The quantitative estimate of drug-likeness (QED) is 0.478. The number of carbonyl (C=O) groups excluding carboxylic acids is 1. The minimum Gasteiger partial charge on any atom is -0.352 e. The minimum absolute atomic E-state index is 0.110. The fourth-order valence-electron chi connectivity index (χ4n) is 1.23. The maximum absolute atomic E-state index is 11.5. The van der Waals surface area contributed by atoms with Crippen molar-refractivity contribution >= 4 is 5.91 Å². The molecule has 0 unspecified atom stereocenters. The summed E-state index contributed by atoms with van der Waals surface area (Å²) in [6.45, 7) is 0.444. The number of aromatic amines is 2. The highest BCUT2D eigenvalue weighted by molar-refractivity contribution is 5.93. The first-order valence-electron chi connectivity index (χ1n) is 5.19. The zero-order valence-corrected chi connectivity index (χ0v) is 9.21. The van der Waals surface area contributed by atoms with Crippen molar-refractivity contribution in [2.24, 2.45) is 0 Å². The molecule has 0 saturated heterocycles. The van der Waals surface area contributed by atoms with Crippen LogP contribution in [0.1, 0.15) is 29.6 Å². The van der Waals surface area contributed by atoms with E-state index in [0.29, 0.717) is 13.0 Å². The summed E-state index contributed by atoms with van der Waals surface area (Å²) in [5.74, 6) is 1.98. The Balaban J connectivity index is 2.51. The van der Waals surface area contributed by atoms with E-state index in [1.54, 1.807) is 0 Å². The van der Waals surface area contributed by atoms with Crippen LogP contribution >= 0.6 is 0 Å². The highest BCUT2D eigenvalue weighted by Crippen LogP contribution is 1.92. The molecule has 0 aliphatic rings. The van der Waals surface area contributed by atoms with Crippen molar-refractivity contribution in [1.29, 1.82) is 0 Å². The highest BCUT2D eigenvalue weighted by atomic mass is 16.2. The van der Waals surface area contributed by atoms with Gasteiger partial charge in [-0.25, -0.2) is 4.79 Å². The van der Waals surface area contributed by atoms with Gasteiger partial charge in [-0.15, -0.1) is 12.3 Å². The molecule has 0 radical (unpaired) electrons. The smallest absolute Gasteiger partial charge is 0.325 e. The zero-order valence-electron chi connectivity index (χ0n) is 9.21. The molecule has 1 aromatic rings. The van der Waals surface area contributed by atoms with Crippen molar-refractivity contribution in [2.75, 3.05) is 6.54 Å². The van der Waals surface area contributed by atoms with E-state index in [2.05, 4.69) is 16.2 Å². The number of carbonyl (C=O) groups is 1. The summed E-state index contributed by atoms with van der Waals surface area (Å²) in [7, 11) is 0. The molecule has 0 aromatic carbocycles. The van der Waals surface area contributed by atoms with E-state index in [1.807, 2.05) is 4.98 Å². The number of hydrogen-bond donors (Lipinski definition) is 3. The molecule has 0 aliphatic carbocycles. The average Bonchev–Trinajstić information content (AvgIpc) is 2.28. The lowest BCUT2D eigenvalue weighted by molar-refractivity contribution is 0.0951. The Morgan fingerprint density at radius 2 is 2.18 bits per heavy atom. The molecule has 0 spiro atoms. The van der Waals surface area contributed by atoms with Gasteiger partial charge in [0.1, 0.15) is 5.56 Å². The van der Waals surface area contributed by atoms with Gasteiger partial charge in [0.25, 0.3) is 11.5 Å². The highest BCUT2D eigenvalue weighted by Gasteiger charge is 2.09. The van der Waals surface area contributed by atoms with Crippen LogP contribution in [0.5, 0.6) is 0 Å². The summed E-state index contributed by atoms with van der Waals surface area (Å²) in [5.41, 5.74) is -1.45. The molecule has 0 aliphatic heterocycles. The maximum atomic E-state index is 11.5. The number of nitrogens with one attached hydrogen (secondary N) is 3. The SMILES string of the molecule is C#CCCCCNC(=O)c1c[nH]c(=O)[nH]c1=O. The van der Waals surface area contributed by atoms with E-state index in [-0.39, 0.29) is 5.56 Å². The lowest BCUT2D eigenvalue weighted by Gasteiger charge is -2.02. The van der Waals surface area contributed by atoms with Crippen molar-refractivity contribution in [2.45, 2.75) is 19.3 Å². The normalized spacial score (nSPS) is 9.59. The van der Waals surface area contributed by atoms with E-state index in [9.17, 15) is 14.4 Å². The molecule has 1 heterocycles. The molecule has 17 heavy (non-hydrogen) atoms. The van der Waals surface area contributed by atoms with Gasteiger partial charge in [0.2, 0.25) is 0 Å². The molecule has 6 nitrogen and oxygen atoms in total. The zero-order chi connectivity index (χ0) is 12.7. The largest absolute Gasteiger partial charge is 0.352 e. The van der Waals surface area contributed by atoms with Crippen molar-refractivity contribution in [3.63, 3.8) is 0 Å². The first-order chi connectivity index (χ1) is 8.15. The minimum atomic E-state index is -0.699. The Labute approximate surface area is 97.5 Å². The van der Waals surface area contributed by atoms with Crippen LogP contribution in [0, 0.1) is 12.3 Å². The Morgan fingerprint density at radius 1 is 1.41 bits per heavy atom. The molecular formula is C11H13N3O3. The standard InChI is InChI=1S/C11H13N3O3/c1-2-3-4-5-6-12-9(15)8-7-13-11(17)14-10(8)16/h1,7H,3-6H2,(H,12,15)(H2,13,14,16,17). The second-order valence-corrected chi connectivity index (χ2v) is 3.40. The summed E-state index contributed by atoms with van der Waals surface area (Å²) in [6, 6.07) is 0. The van der Waals surface area contributed by atoms with Crippen LogP contribution in [0.2, 0.25) is 0 Å². The van der Waals surface area contributed by atoms with Gasteiger partial charge in [0.15, 0.2) is 0 Å². The molecule has 1 rings (SSSR count). The molecule has 3 N–H and O–H groups in total. The van der Waals surface area contributed by atoms with Crippen LogP contribution in [-0.4, -0.2) is 22.4 Å². The van der Waals surface area contributed by atoms with Crippen LogP contribution in [0.3, 0.4) is 0 Å². The van der Waals surface area contributed by atoms with Crippen molar-refractivity contribution in [3.8, 4) is 12.3 Å². The summed E-state index contributed by atoms with van der Waals surface area (Å²) < 4.78 is 0. The topological polar surface area (TPSA) is 94.8 Å². The van der Waals surface area contributed by atoms with E-state index in [1.165, 1.54) is 0 Å². The second kappa shape index (κ2) is 6.33. The number of unbranched alkanes of at least 4 members (excludes halogenated alkanes) is 2. The third-order valence-corrected chi connectivity index (χ3v) is 2.10. The molecule has 1 amide bonds. The fourth-order valence-corrected chi connectivity index (χ4v) is 1.23. The van der Waals surface area contributed by atoms with Crippen LogP contribution in [0.25, 0.3) is 0 Å². The first kappa shape index (κ1) is 12.8. The first-order valence-corrected chi connectivity index (χ1v) is 5.19. The van der Waals surface area contributed by atoms with Crippen LogP contribution in [-0.2, 0) is 0 Å². The monoisotopic (exact) mass is 235 g/mol. The Morgan fingerprint density at radius 3 is 2.82 bits per heavy atom. The van der Waals surface area contributed by atoms with Gasteiger partial charge in [0, 0.05) is 19.2 Å². The molecule has 0 fully saturated rings. The second-order valence-electron chi connectivity index (χ2n) is 3.40. The molecule has 90 valence electrons. The molecule has 1 aromatic heterocycles. The molecule has 6 heteroatoms. The molecule has 0 bridgehead atoms. The maximum Gasteiger partial charge on any atom is 0.325 e. The third-order valence-electron chi connectivity index (χ3n) is 2.10. The fraction of sp³-hybridized carbons (Fsp3) is 0.364. The van der Waals surface area contributed by atoms with Crippen LogP contribution < -0.4 is 16.6 Å². The van der Waals surface area contributed by atoms with E-state index >= 15 is 0 Å². The predicted molar refractivity (Wildman–Crippen MR) is 62.7 cm³/mol. The number of rotatable bonds is 5. The predicted octanol–water partition coefficient (Wildman–Crippen LogP) is -0.404. The lowest BCUT2D eigenvalue weighted by Crippen LogP contribution is -2.33. The number of H-pyrrole nitrogens is 2. The van der Waals surface area contributed by atoms with Gasteiger partial charge in [0.05, 0.1) is 0 Å². The Kier molecular flexibility index (Phi) is 4.76. The third kappa shape index (κ3) is 3.99. The molecule has 0 atom stereocenters. The summed E-state index contributed by atoms with van der Waals surface area (Å²) in [4.78, 5) is 37.7. The Hall–Kier alpha value is -2.29. The van der Waals surface area contributed by atoms with Gasteiger partial charge in [-0.2, -0.15) is 0 Å². The van der Waals surface area contributed by atoms with Crippen LogP contribution in [0.4, 0.5) is 0 Å². The van der Waals surface area contributed by atoms with Gasteiger partial charge >= 0.3 is 5.69 Å². The van der Waals surface area contributed by atoms with Gasteiger partial charge < -0.3 is 10.3 Å². The molecular weight excluding hydrogens is 222 g/mol. The molecule has 0 saturated carbocycles. The van der Waals surface area contributed by atoms with E-state index in [0.717, 1.165) is 19.0 Å². The lowest BCUT2D eigenvalue weighted by atomic mass is 10.2. The number of terminal acetylenes is 1. The van der Waals surface area contributed by atoms with Gasteiger partial charge in [-0.3, -0.25) is 14.6 Å². The van der Waals surface area contributed by atoms with Gasteiger partial charge in [-0.1, -0.05) is 0 Å². The summed E-state index contributed by atoms with van der Waals surface area (Å²) >= 11 is 0. The average molecular weight is 235 g/mol. The summed E-state index contributed by atoms with van der Waals surface area (Å²) in [6.07, 6.45) is 8.40. The van der Waals surface area contributed by atoms with Crippen LogP contribution in [0.15, 0.2) is 15.8 Å². The number of hydrogen-bond acceptors (Lipinski definition) is 3. The number of amides is 1. The van der Waals surface area contributed by atoms with E-state index in [4.69, 9.17) is 6.42 Å². The summed E-state index contributed by atoms with van der Waals surface area (Å²) in [5, 5.41) is 2.57. The Bertz CT molecular complexity index is 536.